The summed E-state index contributed by atoms with van der Waals surface area (Å²) in [5, 5.41) is 4.94. The van der Waals surface area contributed by atoms with Crippen LogP contribution in [0, 0.1) is 0 Å². The maximum Gasteiger partial charge on any atom is 0.228 e. The molecule has 0 fully saturated rings. The summed E-state index contributed by atoms with van der Waals surface area (Å²) in [6.45, 7) is 0.559. The predicted molar refractivity (Wildman–Crippen MR) is 106 cm³/mol. The highest BCUT2D eigenvalue weighted by atomic mass is 16.5. The largest absolute Gasteiger partial charge is 0.356 e. The highest BCUT2D eigenvalue weighted by molar-refractivity contribution is 5.86. The Kier molecular flexibility index (Phi) is 4.71. The summed E-state index contributed by atoms with van der Waals surface area (Å²) in [5.74, 6) is 0.0150. The van der Waals surface area contributed by atoms with Gasteiger partial charge in [0.1, 0.15) is 5.69 Å². The van der Waals surface area contributed by atoms with Crippen LogP contribution in [0.1, 0.15) is 11.3 Å². The standard InChI is InChI=1S/C23H20N2O2/c1-25(23(26)15-21-20-9-5-6-10-22(20)27-24-21)16-17-11-13-19(14-12-17)18-7-3-2-4-8-18/h2-14H,15-16H2,1H3. The molecule has 0 aliphatic carbocycles. The van der Waals surface area contributed by atoms with E-state index in [4.69, 9.17) is 4.52 Å². The molecule has 0 radical (unpaired) electrons. The molecule has 27 heavy (non-hydrogen) atoms. The van der Waals surface area contributed by atoms with Gasteiger partial charge in [-0.15, -0.1) is 0 Å². The number of amides is 1. The van der Waals surface area contributed by atoms with Crippen molar-refractivity contribution < 1.29 is 9.32 Å². The fraction of sp³-hybridized carbons (Fsp3) is 0.130. The van der Waals surface area contributed by atoms with Gasteiger partial charge in [0, 0.05) is 19.0 Å². The molecular weight excluding hydrogens is 336 g/mol. The average molecular weight is 356 g/mol. The summed E-state index contributed by atoms with van der Waals surface area (Å²) < 4.78 is 5.28. The molecule has 0 spiro atoms. The molecule has 0 atom stereocenters. The first kappa shape index (κ1) is 17.0. The summed E-state index contributed by atoms with van der Waals surface area (Å²) in [5.41, 5.74) is 4.84. The van der Waals surface area contributed by atoms with E-state index in [2.05, 4.69) is 41.6 Å². The van der Waals surface area contributed by atoms with Crippen molar-refractivity contribution in [2.45, 2.75) is 13.0 Å². The molecule has 0 unspecified atom stereocenters. The summed E-state index contributed by atoms with van der Waals surface area (Å²) >= 11 is 0. The number of aromatic nitrogens is 1. The highest BCUT2D eigenvalue weighted by Gasteiger charge is 2.15. The molecule has 1 amide bonds. The van der Waals surface area contributed by atoms with Crippen LogP contribution in [0.25, 0.3) is 22.1 Å². The van der Waals surface area contributed by atoms with E-state index in [1.54, 1.807) is 4.90 Å². The number of fused-ring (bicyclic) bond motifs is 1. The van der Waals surface area contributed by atoms with Crippen molar-refractivity contribution in [3.63, 3.8) is 0 Å². The van der Waals surface area contributed by atoms with Crippen LogP contribution in [-0.4, -0.2) is 23.0 Å². The Morgan fingerprint density at radius 3 is 2.33 bits per heavy atom. The van der Waals surface area contributed by atoms with E-state index in [9.17, 15) is 4.79 Å². The highest BCUT2D eigenvalue weighted by Crippen LogP contribution is 2.21. The van der Waals surface area contributed by atoms with Crippen molar-refractivity contribution in [3.05, 3.63) is 90.1 Å². The van der Waals surface area contributed by atoms with Gasteiger partial charge in [0.25, 0.3) is 0 Å². The van der Waals surface area contributed by atoms with Gasteiger partial charge in [0.05, 0.1) is 6.42 Å². The second-order valence-corrected chi connectivity index (χ2v) is 6.61. The van der Waals surface area contributed by atoms with Gasteiger partial charge >= 0.3 is 0 Å². The zero-order chi connectivity index (χ0) is 18.6. The van der Waals surface area contributed by atoms with Crippen LogP contribution in [0.2, 0.25) is 0 Å². The minimum atomic E-state index is 0.0150. The number of carbonyl (C=O) groups is 1. The molecule has 0 N–H and O–H groups in total. The van der Waals surface area contributed by atoms with Gasteiger partial charge in [-0.1, -0.05) is 71.9 Å². The fourth-order valence-corrected chi connectivity index (χ4v) is 3.14. The first-order chi connectivity index (χ1) is 13.2. The molecular formula is C23H20N2O2. The average Bonchev–Trinajstić information content (AvgIpc) is 3.12. The van der Waals surface area contributed by atoms with Crippen molar-refractivity contribution in [2.24, 2.45) is 0 Å². The number of rotatable bonds is 5. The lowest BCUT2D eigenvalue weighted by atomic mass is 10.0. The quantitative estimate of drug-likeness (QED) is 0.521. The van der Waals surface area contributed by atoms with Gasteiger partial charge in [-0.25, -0.2) is 0 Å². The molecule has 4 heteroatoms. The zero-order valence-corrected chi connectivity index (χ0v) is 15.1. The lowest BCUT2D eigenvalue weighted by molar-refractivity contribution is -0.129. The Balaban J connectivity index is 1.42. The number of carbonyl (C=O) groups excluding carboxylic acids is 1. The van der Waals surface area contributed by atoms with Gasteiger partial charge in [-0.2, -0.15) is 0 Å². The monoisotopic (exact) mass is 356 g/mol. The summed E-state index contributed by atoms with van der Waals surface area (Å²) in [4.78, 5) is 14.3. The Morgan fingerprint density at radius 2 is 1.56 bits per heavy atom. The Hall–Kier alpha value is -3.40. The van der Waals surface area contributed by atoms with E-state index < -0.39 is 0 Å². The van der Waals surface area contributed by atoms with E-state index in [0.717, 1.165) is 10.9 Å². The van der Waals surface area contributed by atoms with Gasteiger partial charge in [-0.3, -0.25) is 4.79 Å². The van der Waals surface area contributed by atoms with Crippen LogP contribution in [0.4, 0.5) is 0 Å². The van der Waals surface area contributed by atoms with E-state index in [1.807, 2.05) is 49.5 Å². The predicted octanol–water partition coefficient (Wildman–Crippen LogP) is 4.70. The second kappa shape index (κ2) is 7.46. The molecule has 0 aliphatic rings. The lowest BCUT2D eigenvalue weighted by Crippen LogP contribution is -2.27. The van der Waals surface area contributed by atoms with Crippen molar-refractivity contribution in [1.82, 2.24) is 10.1 Å². The SMILES string of the molecule is CN(Cc1ccc(-c2ccccc2)cc1)C(=O)Cc1noc2ccccc12. The zero-order valence-electron chi connectivity index (χ0n) is 15.1. The first-order valence-corrected chi connectivity index (χ1v) is 8.92. The van der Waals surface area contributed by atoms with Crippen LogP contribution in [0.5, 0.6) is 0 Å². The molecule has 4 aromatic rings. The van der Waals surface area contributed by atoms with E-state index in [1.165, 1.54) is 11.1 Å². The number of nitrogens with zero attached hydrogens (tertiary/aromatic N) is 2. The number of benzene rings is 3. The molecule has 1 aromatic heterocycles. The number of para-hydroxylation sites is 1. The maximum atomic E-state index is 12.6. The summed E-state index contributed by atoms with van der Waals surface area (Å²) in [7, 11) is 1.82. The summed E-state index contributed by atoms with van der Waals surface area (Å²) in [6, 6.07) is 26.2. The van der Waals surface area contributed by atoms with Crippen molar-refractivity contribution in [2.75, 3.05) is 7.05 Å². The van der Waals surface area contributed by atoms with Crippen LogP contribution in [0.15, 0.2) is 83.4 Å². The number of hydrogen-bond acceptors (Lipinski definition) is 3. The molecule has 134 valence electrons. The third kappa shape index (κ3) is 3.75. The van der Waals surface area contributed by atoms with Gasteiger partial charge < -0.3 is 9.42 Å². The van der Waals surface area contributed by atoms with Crippen molar-refractivity contribution >= 4 is 16.9 Å². The smallest absolute Gasteiger partial charge is 0.228 e. The molecule has 0 saturated heterocycles. The van der Waals surface area contributed by atoms with Crippen molar-refractivity contribution in [3.8, 4) is 11.1 Å². The Morgan fingerprint density at radius 1 is 0.889 bits per heavy atom. The summed E-state index contributed by atoms with van der Waals surface area (Å²) in [6.07, 6.45) is 0.232. The van der Waals surface area contributed by atoms with E-state index in [0.29, 0.717) is 17.8 Å². The third-order valence-corrected chi connectivity index (χ3v) is 4.68. The van der Waals surface area contributed by atoms with Crippen LogP contribution in [0.3, 0.4) is 0 Å². The number of hydrogen-bond donors (Lipinski definition) is 0. The maximum absolute atomic E-state index is 12.6. The molecule has 0 bridgehead atoms. The Bertz CT molecular complexity index is 1050. The molecule has 0 aliphatic heterocycles. The van der Waals surface area contributed by atoms with Gasteiger partial charge in [-0.05, 0) is 28.8 Å². The van der Waals surface area contributed by atoms with Crippen LogP contribution < -0.4 is 0 Å². The van der Waals surface area contributed by atoms with Crippen LogP contribution in [-0.2, 0) is 17.8 Å². The fourth-order valence-electron chi connectivity index (χ4n) is 3.14. The van der Waals surface area contributed by atoms with Crippen LogP contribution >= 0.6 is 0 Å². The molecule has 3 aromatic carbocycles. The first-order valence-electron chi connectivity index (χ1n) is 8.92. The minimum Gasteiger partial charge on any atom is -0.356 e. The number of likely N-dealkylation sites (N-methyl/N-ethyl adjacent to an activating group) is 1. The molecule has 4 rings (SSSR count). The third-order valence-electron chi connectivity index (χ3n) is 4.68. The van der Waals surface area contributed by atoms with Crippen molar-refractivity contribution in [1.29, 1.82) is 0 Å². The topological polar surface area (TPSA) is 46.3 Å². The normalized spacial score (nSPS) is 10.9. The van der Waals surface area contributed by atoms with Gasteiger partial charge in [0.15, 0.2) is 5.58 Å². The molecule has 4 nitrogen and oxygen atoms in total. The van der Waals surface area contributed by atoms with E-state index in [-0.39, 0.29) is 12.3 Å². The van der Waals surface area contributed by atoms with E-state index >= 15 is 0 Å². The minimum absolute atomic E-state index is 0.0150. The molecule has 1 heterocycles. The lowest BCUT2D eigenvalue weighted by Gasteiger charge is -2.17. The van der Waals surface area contributed by atoms with Gasteiger partial charge in [0.2, 0.25) is 5.91 Å². The second-order valence-electron chi connectivity index (χ2n) is 6.61. The Labute approximate surface area is 158 Å². The molecule has 0 saturated carbocycles.